The van der Waals surface area contributed by atoms with Gasteiger partial charge in [0, 0.05) is 25.4 Å². The first-order valence-corrected chi connectivity index (χ1v) is 14.5. The topological polar surface area (TPSA) is 41.6 Å². The fourth-order valence-electron chi connectivity index (χ4n) is 9.46. The van der Waals surface area contributed by atoms with Crippen molar-refractivity contribution in [1.29, 1.82) is 0 Å². The van der Waals surface area contributed by atoms with E-state index in [4.69, 9.17) is 4.74 Å². The monoisotopic (exact) mass is 470 g/mol. The van der Waals surface area contributed by atoms with Gasteiger partial charge in [0.15, 0.2) is 0 Å². The summed E-state index contributed by atoms with van der Waals surface area (Å²) >= 11 is 0. The summed E-state index contributed by atoms with van der Waals surface area (Å²) in [6, 6.07) is 0.511. The van der Waals surface area contributed by atoms with Crippen molar-refractivity contribution in [2.75, 3.05) is 20.2 Å². The third kappa shape index (κ3) is 3.95. The number of ketones is 1. The minimum atomic E-state index is -0.0517. The molecule has 34 heavy (non-hydrogen) atoms. The molecule has 8 unspecified atom stereocenters. The molecule has 0 aromatic heterocycles. The number of carbonyl (C=O) groups is 1. The van der Waals surface area contributed by atoms with E-state index in [2.05, 4.69) is 51.9 Å². The summed E-state index contributed by atoms with van der Waals surface area (Å²) < 4.78 is 6.88. The van der Waals surface area contributed by atoms with E-state index >= 15 is 0 Å². The molecule has 2 aliphatic heterocycles. The van der Waals surface area contributed by atoms with E-state index in [1.807, 2.05) is 0 Å². The summed E-state index contributed by atoms with van der Waals surface area (Å²) in [5, 5.41) is 3.82. The molecule has 5 rings (SSSR count). The molecule has 0 aromatic rings. The van der Waals surface area contributed by atoms with Crippen molar-refractivity contribution < 1.29 is 9.53 Å². The lowest BCUT2D eigenvalue weighted by molar-refractivity contribution is -0.140. The average Bonchev–Trinajstić information content (AvgIpc) is 3.18. The third-order valence-corrected chi connectivity index (χ3v) is 11.3. The number of likely N-dealkylation sites (tertiary alicyclic amines) is 1. The van der Waals surface area contributed by atoms with Gasteiger partial charge in [-0.2, -0.15) is 0 Å². The number of ether oxygens (including phenoxy) is 1. The molecule has 192 valence electrons. The minimum Gasteiger partial charge on any atom is -0.371 e. The highest BCUT2D eigenvalue weighted by molar-refractivity contribution is 5.79. The molecule has 1 N–H and O–H groups in total. The zero-order valence-electron chi connectivity index (χ0n) is 22.8. The largest absolute Gasteiger partial charge is 0.371 e. The van der Waals surface area contributed by atoms with E-state index in [1.54, 1.807) is 5.57 Å². The van der Waals surface area contributed by atoms with Gasteiger partial charge in [-0.1, -0.05) is 19.4 Å². The summed E-state index contributed by atoms with van der Waals surface area (Å²) in [4.78, 5) is 15.0. The summed E-state index contributed by atoms with van der Waals surface area (Å²) in [7, 11) is 2.17. The van der Waals surface area contributed by atoms with Crippen LogP contribution in [0.1, 0.15) is 98.8 Å². The van der Waals surface area contributed by atoms with Crippen molar-refractivity contribution in [2.24, 2.45) is 35.0 Å². The molecule has 0 radical (unpaired) electrons. The highest BCUT2D eigenvalue weighted by Gasteiger charge is 2.56. The third-order valence-electron chi connectivity index (χ3n) is 11.3. The highest BCUT2D eigenvalue weighted by atomic mass is 16.5. The Balaban J connectivity index is 1.44. The molecule has 0 aromatic carbocycles. The lowest BCUT2D eigenvalue weighted by atomic mass is 9.52. The van der Waals surface area contributed by atoms with Crippen molar-refractivity contribution >= 4 is 5.78 Å². The predicted molar refractivity (Wildman–Crippen MR) is 138 cm³/mol. The van der Waals surface area contributed by atoms with E-state index in [1.165, 1.54) is 44.1 Å². The van der Waals surface area contributed by atoms with Gasteiger partial charge in [-0.05, 0) is 120 Å². The van der Waals surface area contributed by atoms with Crippen LogP contribution < -0.4 is 5.32 Å². The molecule has 0 amide bonds. The van der Waals surface area contributed by atoms with Crippen LogP contribution in [0.5, 0.6) is 0 Å². The number of Topliss-reactive ketones (excluding diaryl/α,β-unsaturated/α-hetero) is 1. The van der Waals surface area contributed by atoms with Crippen molar-refractivity contribution in [3.63, 3.8) is 0 Å². The molecule has 0 spiro atoms. The number of carbonyl (C=O) groups excluding carboxylic acids is 1. The Labute approximate surface area is 208 Å². The molecule has 3 aliphatic carbocycles. The fourth-order valence-corrected chi connectivity index (χ4v) is 9.46. The van der Waals surface area contributed by atoms with Gasteiger partial charge < -0.3 is 10.1 Å². The number of fused-ring (bicyclic) bond motifs is 6. The first-order valence-electron chi connectivity index (χ1n) is 14.5. The van der Waals surface area contributed by atoms with Gasteiger partial charge in [0.1, 0.15) is 5.78 Å². The van der Waals surface area contributed by atoms with Gasteiger partial charge in [-0.25, -0.2) is 0 Å². The predicted octanol–water partition coefficient (Wildman–Crippen LogP) is 5.96. The second kappa shape index (κ2) is 9.30. The summed E-state index contributed by atoms with van der Waals surface area (Å²) in [6.45, 7) is 14.0. The van der Waals surface area contributed by atoms with E-state index in [0.29, 0.717) is 29.1 Å². The highest BCUT2D eigenvalue weighted by Crippen LogP contribution is 2.63. The Morgan fingerprint density at radius 1 is 1.15 bits per heavy atom. The van der Waals surface area contributed by atoms with Gasteiger partial charge >= 0.3 is 0 Å². The molecule has 5 aliphatic rings. The molecular formula is C30H50N2O2. The SMILES string of the molecule is CNC12CCCC3C(=C(C)COC1CC(C)CN2C(C)C)CC1C3CCC2CC(=O)CCC21C. The van der Waals surface area contributed by atoms with Gasteiger partial charge in [-0.15, -0.1) is 0 Å². The Bertz CT molecular complexity index is 821. The lowest BCUT2D eigenvalue weighted by Crippen LogP contribution is -2.70. The number of likely N-dealkylation sites (N-methyl/N-ethyl adjacent to an activating group) is 1. The first kappa shape index (κ1) is 25.0. The molecule has 4 nitrogen and oxygen atoms in total. The van der Waals surface area contributed by atoms with Crippen LogP contribution >= 0.6 is 0 Å². The van der Waals surface area contributed by atoms with Crippen LogP contribution in [0.15, 0.2) is 11.1 Å². The van der Waals surface area contributed by atoms with Crippen molar-refractivity contribution in [2.45, 2.75) is 117 Å². The Morgan fingerprint density at radius 3 is 2.68 bits per heavy atom. The number of hydrogen-bond acceptors (Lipinski definition) is 4. The van der Waals surface area contributed by atoms with Crippen LogP contribution in [-0.2, 0) is 9.53 Å². The van der Waals surface area contributed by atoms with Crippen LogP contribution in [0.4, 0.5) is 0 Å². The number of rotatable bonds is 2. The number of hydrogen-bond donors (Lipinski definition) is 1. The zero-order chi connectivity index (χ0) is 24.3. The van der Waals surface area contributed by atoms with E-state index in [0.717, 1.165) is 56.6 Å². The van der Waals surface area contributed by atoms with Crippen LogP contribution in [-0.4, -0.2) is 48.7 Å². The van der Waals surface area contributed by atoms with Gasteiger partial charge in [0.25, 0.3) is 0 Å². The second-order valence-corrected chi connectivity index (χ2v) is 13.4. The molecule has 0 bridgehead atoms. The van der Waals surface area contributed by atoms with Gasteiger partial charge in [0.05, 0.1) is 18.4 Å². The maximum atomic E-state index is 12.3. The maximum Gasteiger partial charge on any atom is 0.133 e. The standard InChI is InChI=1S/C30H50N2O2/c1-19(2)32-17-20(3)14-28-30(32,31-6)12-7-8-24-25-10-9-22-15-23(33)11-13-29(22,5)27(25)16-26(24)21(4)18-34-28/h19-20,22,24-25,27-28,31H,7-18H2,1-6H3. The van der Waals surface area contributed by atoms with Crippen molar-refractivity contribution in [3.05, 3.63) is 11.1 Å². The maximum absolute atomic E-state index is 12.3. The lowest BCUT2D eigenvalue weighted by Gasteiger charge is -2.55. The zero-order valence-corrected chi connectivity index (χ0v) is 22.8. The molecule has 3 saturated carbocycles. The Hall–Kier alpha value is -0.710. The van der Waals surface area contributed by atoms with Crippen LogP contribution in [0, 0.1) is 35.0 Å². The molecular weight excluding hydrogens is 420 g/mol. The van der Waals surface area contributed by atoms with Crippen LogP contribution in [0.2, 0.25) is 0 Å². The summed E-state index contributed by atoms with van der Waals surface area (Å²) in [6.07, 6.45) is 11.8. The van der Waals surface area contributed by atoms with Gasteiger partial charge in [0.2, 0.25) is 0 Å². The molecule has 2 heterocycles. The van der Waals surface area contributed by atoms with Crippen LogP contribution in [0.25, 0.3) is 0 Å². The summed E-state index contributed by atoms with van der Waals surface area (Å²) in [5.74, 6) is 4.11. The number of nitrogens with zero attached hydrogens (tertiary/aromatic N) is 1. The summed E-state index contributed by atoms with van der Waals surface area (Å²) in [5.41, 5.74) is 3.58. The number of piperidine rings is 1. The normalized spacial score (nSPS) is 46.0. The number of nitrogens with one attached hydrogen (secondary N) is 1. The van der Waals surface area contributed by atoms with E-state index in [9.17, 15) is 4.79 Å². The average molecular weight is 471 g/mol. The van der Waals surface area contributed by atoms with Crippen molar-refractivity contribution in [3.8, 4) is 0 Å². The minimum absolute atomic E-state index is 0.0517. The fraction of sp³-hybridized carbons (Fsp3) is 0.900. The number of allylic oxidation sites excluding steroid dienone is 1. The molecule has 1 saturated heterocycles. The Morgan fingerprint density at radius 2 is 1.94 bits per heavy atom. The smallest absolute Gasteiger partial charge is 0.133 e. The van der Waals surface area contributed by atoms with Gasteiger partial charge in [-0.3, -0.25) is 9.69 Å². The van der Waals surface area contributed by atoms with Crippen LogP contribution in [0.3, 0.4) is 0 Å². The first-order chi connectivity index (χ1) is 16.2. The van der Waals surface area contributed by atoms with E-state index in [-0.39, 0.29) is 11.8 Å². The molecule has 4 heteroatoms. The quantitative estimate of drug-likeness (QED) is 0.506. The second-order valence-electron chi connectivity index (χ2n) is 13.4. The molecule has 4 fully saturated rings. The Kier molecular flexibility index (Phi) is 6.83. The van der Waals surface area contributed by atoms with E-state index < -0.39 is 0 Å². The molecule has 8 atom stereocenters. The van der Waals surface area contributed by atoms with Crippen molar-refractivity contribution in [1.82, 2.24) is 10.2 Å².